The summed E-state index contributed by atoms with van der Waals surface area (Å²) in [6.45, 7) is 1.36. The largest absolute Gasteiger partial charge is 0.491 e. The molecule has 136 valence electrons. The van der Waals surface area contributed by atoms with Crippen LogP contribution in [0.25, 0.3) is 0 Å². The SMILES string of the molecule is O=C(Nc1ccc2c(c1)C[C@H](O)C2)c1ccc(OC[C@@H]2CCCO2)cc1. The Balaban J connectivity index is 1.35. The number of aliphatic hydroxyl groups excluding tert-OH is 1. The summed E-state index contributed by atoms with van der Waals surface area (Å²) in [6, 6.07) is 12.9. The molecule has 2 N–H and O–H groups in total. The number of carbonyl (C=O) groups excluding carboxylic acids is 1. The van der Waals surface area contributed by atoms with Crippen LogP contribution in [0.4, 0.5) is 5.69 Å². The van der Waals surface area contributed by atoms with Crippen LogP contribution < -0.4 is 10.1 Å². The van der Waals surface area contributed by atoms with Crippen molar-refractivity contribution >= 4 is 11.6 Å². The van der Waals surface area contributed by atoms with E-state index in [0.717, 1.165) is 42.0 Å². The van der Waals surface area contributed by atoms with Crippen LogP contribution in [0.3, 0.4) is 0 Å². The number of amides is 1. The molecule has 2 aromatic carbocycles. The highest BCUT2D eigenvalue weighted by atomic mass is 16.5. The summed E-state index contributed by atoms with van der Waals surface area (Å²) >= 11 is 0. The minimum atomic E-state index is -0.307. The second-order valence-electron chi connectivity index (χ2n) is 6.97. The smallest absolute Gasteiger partial charge is 0.255 e. The molecule has 26 heavy (non-hydrogen) atoms. The van der Waals surface area contributed by atoms with Crippen molar-refractivity contribution in [3.05, 3.63) is 59.2 Å². The molecule has 2 aromatic rings. The maximum absolute atomic E-state index is 12.4. The number of benzene rings is 2. The predicted molar refractivity (Wildman–Crippen MR) is 98.7 cm³/mol. The van der Waals surface area contributed by atoms with E-state index in [1.165, 1.54) is 0 Å². The Morgan fingerprint density at radius 3 is 2.73 bits per heavy atom. The van der Waals surface area contributed by atoms with E-state index in [-0.39, 0.29) is 18.1 Å². The standard InChI is InChI=1S/C21H23NO4/c23-18-11-15-3-6-17(10-16(15)12-18)22-21(24)14-4-7-19(8-5-14)26-13-20-2-1-9-25-20/h3-8,10,18,20,23H,1-2,9,11-13H2,(H,22,24)/t18-,20+/m1/s1. The lowest BCUT2D eigenvalue weighted by molar-refractivity contribution is 0.0679. The number of ether oxygens (including phenoxy) is 2. The molecule has 5 heteroatoms. The maximum atomic E-state index is 12.4. The molecule has 5 nitrogen and oxygen atoms in total. The topological polar surface area (TPSA) is 67.8 Å². The van der Waals surface area contributed by atoms with E-state index in [1.54, 1.807) is 12.1 Å². The fourth-order valence-electron chi connectivity index (χ4n) is 3.54. The molecule has 2 aliphatic rings. The van der Waals surface area contributed by atoms with Crippen molar-refractivity contribution in [1.29, 1.82) is 0 Å². The van der Waals surface area contributed by atoms with Gasteiger partial charge in [-0.2, -0.15) is 0 Å². The Morgan fingerprint density at radius 2 is 1.96 bits per heavy atom. The maximum Gasteiger partial charge on any atom is 0.255 e. The minimum Gasteiger partial charge on any atom is -0.491 e. The van der Waals surface area contributed by atoms with E-state index in [1.807, 2.05) is 30.3 Å². The first-order valence-electron chi connectivity index (χ1n) is 9.13. The third-order valence-corrected chi connectivity index (χ3v) is 4.95. The number of fused-ring (bicyclic) bond motifs is 1. The van der Waals surface area contributed by atoms with E-state index in [9.17, 15) is 9.90 Å². The van der Waals surface area contributed by atoms with Gasteiger partial charge in [-0.3, -0.25) is 4.79 Å². The fourth-order valence-corrected chi connectivity index (χ4v) is 3.54. The van der Waals surface area contributed by atoms with Crippen molar-refractivity contribution in [3.8, 4) is 5.75 Å². The molecule has 1 amide bonds. The molecule has 4 rings (SSSR count). The van der Waals surface area contributed by atoms with Gasteiger partial charge in [0.25, 0.3) is 5.91 Å². The summed E-state index contributed by atoms with van der Waals surface area (Å²) in [5.74, 6) is 0.581. The van der Waals surface area contributed by atoms with Crippen LogP contribution in [-0.4, -0.2) is 36.4 Å². The van der Waals surface area contributed by atoms with Gasteiger partial charge in [0, 0.05) is 17.9 Å². The van der Waals surface area contributed by atoms with Crippen LogP contribution in [0.1, 0.15) is 34.3 Å². The van der Waals surface area contributed by atoms with Gasteiger partial charge in [-0.25, -0.2) is 0 Å². The van der Waals surface area contributed by atoms with Crippen LogP contribution in [0.5, 0.6) is 5.75 Å². The molecular weight excluding hydrogens is 330 g/mol. The van der Waals surface area contributed by atoms with Crippen molar-refractivity contribution in [2.24, 2.45) is 0 Å². The Morgan fingerprint density at radius 1 is 1.15 bits per heavy atom. The highest BCUT2D eigenvalue weighted by Crippen LogP contribution is 2.25. The Hall–Kier alpha value is -2.37. The number of anilines is 1. The molecular formula is C21H23NO4. The van der Waals surface area contributed by atoms with Gasteiger partial charge in [-0.1, -0.05) is 6.07 Å². The number of rotatable bonds is 5. The van der Waals surface area contributed by atoms with Crippen molar-refractivity contribution in [2.45, 2.75) is 37.9 Å². The molecule has 0 spiro atoms. The molecule has 2 atom stereocenters. The molecule has 0 unspecified atom stereocenters. The van der Waals surface area contributed by atoms with Gasteiger partial charge >= 0.3 is 0 Å². The van der Waals surface area contributed by atoms with Gasteiger partial charge < -0.3 is 19.9 Å². The number of hydrogen-bond acceptors (Lipinski definition) is 4. The number of hydrogen-bond donors (Lipinski definition) is 2. The number of carbonyl (C=O) groups is 1. The monoisotopic (exact) mass is 353 g/mol. The predicted octanol–water partition coefficient (Wildman–Crippen LogP) is 2.96. The van der Waals surface area contributed by atoms with Crippen LogP contribution in [0, 0.1) is 0 Å². The van der Waals surface area contributed by atoms with Crippen LogP contribution in [0.2, 0.25) is 0 Å². The lowest BCUT2D eigenvalue weighted by Crippen LogP contribution is -2.16. The third-order valence-electron chi connectivity index (χ3n) is 4.95. The van der Waals surface area contributed by atoms with Gasteiger partial charge in [0.1, 0.15) is 12.4 Å². The summed E-state index contributed by atoms with van der Waals surface area (Å²) in [6.07, 6.45) is 3.34. The third kappa shape index (κ3) is 3.89. The van der Waals surface area contributed by atoms with E-state index in [4.69, 9.17) is 9.47 Å². The van der Waals surface area contributed by atoms with E-state index >= 15 is 0 Å². The van der Waals surface area contributed by atoms with E-state index < -0.39 is 0 Å². The molecule has 1 saturated heterocycles. The van der Waals surface area contributed by atoms with E-state index in [2.05, 4.69) is 5.32 Å². The van der Waals surface area contributed by atoms with Gasteiger partial charge in [0.05, 0.1) is 12.2 Å². The van der Waals surface area contributed by atoms with Gasteiger partial charge in [-0.05, 0) is 73.2 Å². The molecule has 1 heterocycles. The lowest BCUT2D eigenvalue weighted by Gasteiger charge is -2.12. The first-order chi connectivity index (χ1) is 12.7. The average Bonchev–Trinajstić information content (AvgIpc) is 3.28. The summed E-state index contributed by atoms with van der Waals surface area (Å²) in [5.41, 5.74) is 3.59. The second-order valence-corrected chi connectivity index (χ2v) is 6.97. The zero-order valence-corrected chi connectivity index (χ0v) is 14.6. The lowest BCUT2D eigenvalue weighted by atomic mass is 10.1. The van der Waals surface area contributed by atoms with Crippen molar-refractivity contribution in [3.63, 3.8) is 0 Å². The molecule has 1 fully saturated rings. The first kappa shape index (κ1) is 17.1. The van der Waals surface area contributed by atoms with Crippen molar-refractivity contribution in [2.75, 3.05) is 18.5 Å². The van der Waals surface area contributed by atoms with Crippen molar-refractivity contribution in [1.82, 2.24) is 0 Å². The molecule has 0 saturated carbocycles. The summed E-state index contributed by atoms with van der Waals surface area (Å²) in [7, 11) is 0. The summed E-state index contributed by atoms with van der Waals surface area (Å²) < 4.78 is 11.3. The quantitative estimate of drug-likeness (QED) is 0.867. The zero-order valence-electron chi connectivity index (χ0n) is 14.6. The number of nitrogens with one attached hydrogen (secondary N) is 1. The van der Waals surface area contributed by atoms with Gasteiger partial charge in [0.2, 0.25) is 0 Å². The minimum absolute atomic E-state index is 0.158. The highest BCUT2D eigenvalue weighted by molar-refractivity contribution is 6.04. The van der Waals surface area contributed by atoms with Crippen LogP contribution in [0.15, 0.2) is 42.5 Å². The van der Waals surface area contributed by atoms with Crippen LogP contribution in [-0.2, 0) is 17.6 Å². The highest BCUT2D eigenvalue weighted by Gasteiger charge is 2.20. The average molecular weight is 353 g/mol. The zero-order chi connectivity index (χ0) is 17.9. The van der Waals surface area contributed by atoms with E-state index in [0.29, 0.717) is 25.0 Å². The number of aliphatic hydroxyl groups is 1. The molecule has 0 aromatic heterocycles. The molecule has 1 aliphatic carbocycles. The Labute approximate surface area is 152 Å². The second kappa shape index (κ2) is 7.48. The Kier molecular flexibility index (Phi) is 4.91. The van der Waals surface area contributed by atoms with Gasteiger partial charge in [0.15, 0.2) is 0 Å². The van der Waals surface area contributed by atoms with Crippen molar-refractivity contribution < 1.29 is 19.4 Å². The fraction of sp³-hybridized carbons (Fsp3) is 0.381. The van der Waals surface area contributed by atoms with Crippen LogP contribution >= 0.6 is 0 Å². The molecule has 1 aliphatic heterocycles. The first-order valence-corrected chi connectivity index (χ1v) is 9.13. The van der Waals surface area contributed by atoms with Gasteiger partial charge in [-0.15, -0.1) is 0 Å². The summed E-state index contributed by atoms with van der Waals surface area (Å²) in [4.78, 5) is 12.4. The molecule has 0 bridgehead atoms. The Bertz CT molecular complexity index is 781. The molecule has 0 radical (unpaired) electrons. The summed E-state index contributed by atoms with van der Waals surface area (Å²) in [5, 5.41) is 12.7. The normalized spacial score (nSPS) is 21.4.